The summed E-state index contributed by atoms with van der Waals surface area (Å²) in [6.07, 6.45) is 9.08. The standard InChI is InChI=1S/C9H17Br/c1-2-3-4-5-6-7-8-9-10/h9H,1-8H2. The summed E-state index contributed by atoms with van der Waals surface area (Å²) in [7, 11) is 0. The van der Waals surface area contributed by atoms with E-state index >= 15 is 0 Å². The van der Waals surface area contributed by atoms with E-state index in [2.05, 4.69) is 28.2 Å². The summed E-state index contributed by atoms with van der Waals surface area (Å²) in [5, 5.41) is 2.06. The molecule has 0 aromatic carbocycles. The lowest BCUT2D eigenvalue weighted by Crippen LogP contribution is -1.77. The van der Waals surface area contributed by atoms with Crippen molar-refractivity contribution in [2.24, 2.45) is 0 Å². The van der Waals surface area contributed by atoms with Crippen LogP contribution in [-0.4, -0.2) is 0 Å². The van der Waals surface area contributed by atoms with Gasteiger partial charge in [0.1, 0.15) is 0 Å². The van der Waals surface area contributed by atoms with Gasteiger partial charge in [-0.25, -0.2) is 0 Å². The fraction of sp³-hybridized carbons (Fsp3) is 0.778. The molecule has 0 N–H and O–H groups in total. The van der Waals surface area contributed by atoms with Gasteiger partial charge in [-0.05, 0) is 6.42 Å². The van der Waals surface area contributed by atoms with Gasteiger partial charge in [-0.15, -0.1) is 0 Å². The molecule has 0 aliphatic carbocycles. The van der Waals surface area contributed by atoms with Crippen molar-refractivity contribution >= 4 is 15.9 Å². The molecule has 0 saturated carbocycles. The van der Waals surface area contributed by atoms with Gasteiger partial charge in [0.15, 0.2) is 0 Å². The van der Waals surface area contributed by atoms with Crippen LogP contribution in [0.4, 0.5) is 0 Å². The first-order chi connectivity index (χ1) is 4.91. The minimum Gasteiger partial charge on any atom is -0.0879 e. The Balaban J connectivity index is 2.65. The van der Waals surface area contributed by atoms with Crippen LogP contribution in [0.2, 0.25) is 0 Å². The predicted octanol–water partition coefficient (Wildman–Crippen LogP) is 4.11. The first-order valence-electron chi connectivity index (χ1n) is 4.13. The summed E-state index contributed by atoms with van der Waals surface area (Å²) in [6.45, 7) is 3.81. The normalized spacial score (nSPS) is 10.2. The molecule has 60 valence electrons. The Labute approximate surface area is 73.5 Å². The molecule has 0 unspecified atom stereocenters. The second-order valence-corrected chi connectivity index (χ2v) is 3.21. The van der Waals surface area contributed by atoms with Gasteiger partial charge in [-0.3, -0.25) is 0 Å². The molecule has 0 nitrogen and oxygen atoms in total. The molecule has 0 fully saturated rings. The summed E-state index contributed by atoms with van der Waals surface area (Å²) in [6, 6.07) is 0. The van der Waals surface area contributed by atoms with E-state index in [1.54, 1.807) is 0 Å². The van der Waals surface area contributed by atoms with Gasteiger partial charge in [0, 0.05) is 5.33 Å². The van der Waals surface area contributed by atoms with Crippen LogP contribution in [0.25, 0.3) is 0 Å². The lowest BCUT2D eigenvalue weighted by molar-refractivity contribution is 0.620. The first kappa shape index (κ1) is 10.5. The molecule has 0 heterocycles. The van der Waals surface area contributed by atoms with Crippen LogP contribution in [0.15, 0.2) is 0 Å². The van der Waals surface area contributed by atoms with Gasteiger partial charge >= 0.3 is 0 Å². The maximum absolute atomic E-state index is 3.81. The van der Waals surface area contributed by atoms with Gasteiger partial charge < -0.3 is 0 Å². The summed E-state index contributed by atoms with van der Waals surface area (Å²) < 4.78 is 0. The Morgan fingerprint density at radius 1 is 1.00 bits per heavy atom. The van der Waals surface area contributed by atoms with Crippen LogP contribution in [0.1, 0.15) is 44.9 Å². The number of halogens is 1. The minimum atomic E-state index is 1.10. The average Bonchev–Trinajstić information content (AvgIpc) is 1.97. The van der Waals surface area contributed by atoms with E-state index in [4.69, 9.17) is 0 Å². The largest absolute Gasteiger partial charge is 0.0879 e. The molecule has 1 heteroatoms. The average molecular weight is 205 g/mol. The summed E-state index contributed by atoms with van der Waals surface area (Å²) in [4.78, 5) is 0. The summed E-state index contributed by atoms with van der Waals surface area (Å²) in [5.41, 5.74) is 0. The van der Waals surface area contributed by atoms with Crippen molar-refractivity contribution in [2.45, 2.75) is 44.9 Å². The second kappa shape index (κ2) is 9.48. The van der Waals surface area contributed by atoms with E-state index < -0.39 is 0 Å². The highest BCUT2D eigenvalue weighted by atomic mass is 79.9. The van der Waals surface area contributed by atoms with Crippen molar-refractivity contribution in [1.29, 1.82) is 0 Å². The van der Waals surface area contributed by atoms with Crippen LogP contribution in [0.5, 0.6) is 0 Å². The molecule has 0 saturated heterocycles. The maximum Gasteiger partial charge on any atom is 0.0271 e. The van der Waals surface area contributed by atoms with Crippen molar-refractivity contribution in [2.75, 3.05) is 0 Å². The lowest BCUT2D eigenvalue weighted by atomic mass is 10.1. The quantitative estimate of drug-likeness (QED) is 0.548. The monoisotopic (exact) mass is 204 g/mol. The fourth-order valence-electron chi connectivity index (χ4n) is 0.929. The van der Waals surface area contributed by atoms with E-state index in [1.165, 1.54) is 38.5 Å². The Morgan fingerprint density at radius 3 is 2.20 bits per heavy atom. The van der Waals surface area contributed by atoms with Gasteiger partial charge in [0.2, 0.25) is 0 Å². The van der Waals surface area contributed by atoms with E-state index in [9.17, 15) is 0 Å². The Morgan fingerprint density at radius 2 is 1.60 bits per heavy atom. The molecule has 0 spiro atoms. The van der Waals surface area contributed by atoms with Gasteiger partial charge in [0.25, 0.3) is 0 Å². The molecular weight excluding hydrogens is 188 g/mol. The third-order valence-electron chi connectivity index (χ3n) is 1.56. The highest BCUT2D eigenvalue weighted by Gasteiger charge is 1.88. The van der Waals surface area contributed by atoms with Crippen molar-refractivity contribution in [3.05, 3.63) is 12.3 Å². The van der Waals surface area contributed by atoms with Crippen LogP contribution in [0, 0.1) is 12.3 Å². The fourth-order valence-corrected chi connectivity index (χ4v) is 1.25. The molecular formula is C9H17Br. The van der Waals surface area contributed by atoms with E-state index in [1.807, 2.05) is 0 Å². The molecule has 10 heavy (non-hydrogen) atoms. The molecule has 0 rings (SSSR count). The van der Waals surface area contributed by atoms with Crippen LogP contribution < -0.4 is 0 Å². The van der Waals surface area contributed by atoms with Crippen LogP contribution in [0.3, 0.4) is 0 Å². The zero-order valence-electron chi connectivity index (χ0n) is 6.61. The van der Waals surface area contributed by atoms with Crippen LogP contribution in [-0.2, 0) is 0 Å². The predicted molar refractivity (Wildman–Crippen MR) is 50.9 cm³/mol. The number of hydrogen-bond acceptors (Lipinski definition) is 0. The molecule has 0 aromatic heterocycles. The Kier molecular flexibility index (Phi) is 9.94. The third kappa shape index (κ3) is 8.48. The highest BCUT2D eigenvalue weighted by molar-refractivity contribution is 9.10. The SMILES string of the molecule is [CH2]CCCCCCC[CH]Br. The van der Waals surface area contributed by atoms with Crippen molar-refractivity contribution < 1.29 is 0 Å². The zero-order chi connectivity index (χ0) is 7.66. The summed E-state index contributed by atoms with van der Waals surface area (Å²) >= 11 is 3.30. The molecule has 0 bridgehead atoms. The van der Waals surface area contributed by atoms with E-state index in [0.717, 1.165) is 6.42 Å². The highest BCUT2D eigenvalue weighted by Crippen LogP contribution is 2.09. The topological polar surface area (TPSA) is 0 Å². The van der Waals surface area contributed by atoms with Crippen molar-refractivity contribution in [3.63, 3.8) is 0 Å². The molecule has 0 aliphatic heterocycles. The minimum absolute atomic E-state index is 1.10. The second-order valence-electron chi connectivity index (χ2n) is 2.56. The van der Waals surface area contributed by atoms with Crippen LogP contribution >= 0.6 is 15.9 Å². The molecule has 0 aromatic rings. The Hall–Kier alpha value is 0.480. The summed E-state index contributed by atoms with van der Waals surface area (Å²) in [5.74, 6) is 0. The van der Waals surface area contributed by atoms with Crippen molar-refractivity contribution in [3.8, 4) is 0 Å². The zero-order valence-corrected chi connectivity index (χ0v) is 8.20. The van der Waals surface area contributed by atoms with Gasteiger partial charge in [0.05, 0.1) is 0 Å². The number of unbranched alkanes of at least 4 members (excludes halogenated alkanes) is 6. The van der Waals surface area contributed by atoms with Crippen molar-refractivity contribution in [1.82, 2.24) is 0 Å². The molecule has 0 atom stereocenters. The smallest absolute Gasteiger partial charge is 0.0271 e. The third-order valence-corrected chi connectivity index (χ3v) is 2.02. The van der Waals surface area contributed by atoms with E-state index in [-0.39, 0.29) is 0 Å². The molecule has 0 amide bonds. The maximum atomic E-state index is 3.81. The van der Waals surface area contributed by atoms with Gasteiger partial charge in [-0.2, -0.15) is 0 Å². The molecule has 2 radical (unpaired) electrons. The molecule has 0 aliphatic rings. The number of rotatable bonds is 7. The first-order valence-corrected chi connectivity index (χ1v) is 5.04. The lowest BCUT2D eigenvalue weighted by Gasteiger charge is -1.97. The Bertz CT molecular complexity index is 44.7. The van der Waals surface area contributed by atoms with E-state index in [0.29, 0.717) is 0 Å². The number of hydrogen-bond donors (Lipinski definition) is 0. The van der Waals surface area contributed by atoms with Gasteiger partial charge in [-0.1, -0.05) is 61.4 Å².